The van der Waals surface area contributed by atoms with Crippen LogP contribution in [0.5, 0.6) is 0 Å². The predicted octanol–water partition coefficient (Wildman–Crippen LogP) is 2.75. The van der Waals surface area contributed by atoms with Gasteiger partial charge in [0, 0.05) is 49.7 Å². The number of thiazole rings is 1. The van der Waals surface area contributed by atoms with Gasteiger partial charge in [-0.2, -0.15) is 0 Å². The number of ether oxygens (including phenoxy) is 1. The minimum absolute atomic E-state index is 0.566. The molecule has 0 amide bonds. The van der Waals surface area contributed by atoms with E-state index in [9.17, 15) is 0 Å². The van der Waals surface area contributed by atoms with Gasteiger partial charge in [0.15, 0.2) is 0 Å². The Morgan fingerprint density at radius 2 is 1.96 bits per heavy atom. The molecule has 5 heteroatoms. The Labute approximate surface area is 147 Å². The van der Waals surface area contributed by atoms with Crippen LogP contribution >= 0.6 is 11.3 Å². The highest BCUT2D eigenvalue weighted by Crippen LogP contribution is 2.51. The average molecular weight is 341 g/mol. The fourth-order valence-corrected chi connectivity index (χ4v) is 5.54. The first-order valence-electron chi connectivity index (χ1n) is 8.91. The molecule has 3 atom stereocenters. The van der Waals surface area contributed by atoms with Crippen molar-refractivity contribution in [1.29, 1.82) is 0 Å². The molecule has 2 aliphatic heterocycles. The molecule has 5 rings (SSSR count). The van der Waals surface area contributed by atoms with E-state index in [1.54, 1.807) is 22.5 Å². The van der Waals surface area contributed by atoms with Crippen molar-refractivity contribution in [1.82, 2.24) is 14.8 Å². The van der Waals surface area contributed by atoms with Crippen LogP contribution in [0.2, 0.25) is 0 Å². The van der Waals surface area contributed by atoms with Gasteiger partial charge in [-0.05, 0) is 17.0 Å². The number of nitrogens with zero attached hydrogens (tertiary/aromatic N) is 3. The largest absolute Gasteiger partial charge is 0.379 e. The fourth-order valence-electron chi connectivity index (χ4n) is 4.89. The van der Waals surface area contributed by atoms with E-state index in [0.29, 0.717) is 17.9 Å². The summed E-state index contributed by atoms with van der Waals surface area (Å²) < 4.78 is 5.59. The Hall–Kier alpha value is -1.27. The highest BCUT2D eigenvalue weighted by Gasteiger charge is 2.48. The maximum absolute atomic E-state index is 5.59. The first-order chi connectivity index (χ1) is 11.9. The van der Waals surface area contributed by atoms with Gasteiger partial charge in [0.1, 0.15) is 5.01 Å². The molecule has 0 unspecified atom stereocenters. The molecule has 0 radical (unpaired) electrons. The molecule has 4 nitrogen and oxygen atoms in total. The van der Waals surface area contributed by atoms with Crippen molar-refractivity contribution in [2.45, 2.75) is 18.5 Å². The van der Waals surface area contributed by atoms with Crippen molar-refractivity contribution in [3.8, 4) is 0 Å². The van der Waals surface area contributed by atoms with Gasteiger partial charge in [0.2, 0.25) is 0 Å². The second kappa shape index (κ2) is 6.23. The zero-order valence-electron chi connectivity index (χ0n) is 13.8. The van der Waals surface area contributed by atoms with Crippen LogP contribution in [0.15, 0.2) is 35.8 Å². The number of morpholine rings is 1. The number of benzene rings is 1. The van der Waals surface area contributed by atoms with Crippen molar-refractivity contribution in [3.05, 3.63) is 52.0 Å². The molecule has 0 N–H and O–H groups in total. The number of aromatic nitrogens is 1. The van der Waals surface area contributed by atoms with Crippen LogP contribution in [0.3, 0.4) is 0 Å². The summed E-state index contributed by atoms with van der Waals surface area (Å²) in [5.74, 6) is 1.38. The number of hydrogen-bond donors (Lipinski definition) is 0. The Balaban J connectivity index is 1.42. The maximum Gasteiger partial charge on any atom is 0.107 e. The van der Waals surface area contributed by atoms with E-state index in [0.717, 1.165) is 32.8 Å². The number of rotatable bonds is 3. The SMILES string of the molecule is c1ccc2c(c1)[C@@H]1CN(Cc3nccs3)C[C@@H]1[C@H]2N1CCOCC1. The van der Waals surface area contributed by atoms with Gasteiger partial charge in [0.05, 0.1) is 19.8 Å². The molecule has 2 saturated heterocycles. The van der Waals surface area contributed by atoms with Gasteiger partial charge >= 0.3 is 0 Å². The second-order valence-corrected chi connectivity index (χ2v) is 8.09. The predicted molar refractivity (Wildman–Crippen MR) is 95.2 cm³/mol. The monoisotopic (exact) mass is 341 g/mol. The van der Waals surface area contributed by atoms with E-state index in [2.05, 4.69) is 44.4 Å². The zero-order chi connectivity index (χ0) is 15.9. The van der Waals surface area contributed by atoms with Gasteiger partial charge in [-0.15, -0.1) is 11.3 Å². The topological polar surface area (TPSA) is 28.6 Å². The zero-order valence-corrected chi connectivity index (χ0v) is 14.6. The quantitative estimate of drug-likeness (QED) is 0.858. The van der Waals surface area contributed by atoms with Crippen LogP contribution in [0.4, 0.5) is 0 Å². The summed E-state index contributed by atoms with van der Waals surface area (Å²) in [5, 5.41) is 3.32. The average Bonchev–Trinajstić information content (AvgIpc) is 3.32. The van der Waals surface area contributed by atoms with Crippen molar-refractivity contribution < 1.29 is 4.74 Å². The van der Waals surface area contributed by atoms with Crippen LogP contribution in [-0.2, 0) is 11.3 Å². The Morgan fingerprint density at radius 1 is 1.12 bits per heavy atom. The Morgan fingerprint density at radius 3 is 2.75 bits per heavy atom. The molecule has 0 spiro atoms. The molecule has 1 aromatic carbocycles. The molecule has 3 aliphatic rings. The summed E-state index contributed by atoms with van der Waals surface area (Å²) in [5.41, 5.74) is 3.16. The Kier molecular flexibility index (Phi) is 3.90. The normalized spacial score (nSPS) is 30.4. The number of hydrogen-bond acceptors (Lipinski definition) is 5. The third-order valence-corrected chi connectivity index (χ3v) is 6.61. The van der Waals surface area contributed by atoms with Crippen LogP contribution in [0, 0.1) is 5.92 Å². The van der Waals surface area contributed by atoms with Gasteiger partial charge in [-0.1, -0.05) is 24.3 Å². The van der Waals surface area contributed by atoms with Gasteiger partial charge in [0.25, 0.3) is 0 Å². The van der Waals surface area contributed by atoms with E-state index in [1.165, 1.54) is 18.1 Å². The van der Waals surface area contributed by atoms with Crippen molar-refractivity contribution in [3.63, 3.8) is 0 Å². The highest BCUT2D eigenvalue weighted by molar-refractivity contribution is 7.09. The molecule has 0 bridgehead atoms. The molecule has 3 heterocycles. The Bertz CT molecular complexity index is 698. The first-order valence-corrected chi connectivity index (χ1v) is 9.79. The summed E-state index contributed by atoms with van der Waals surface area (Å²) in [6, 6.07) is 9.71. The molecular weight excluding hydrogens is 318 g/mol. The summed E-state index contributed by atoms with van der Waals surface area (Å²) in [6.07, 6.45) is 1.92. The van der Waals surface area contributed by atoms with Gasteiger partial charge in [-0.3, -0.25) is 9.80 Å². The number of fused-ring (bicyclic) bond motifs is 3. The third-order valence-electron chi connectivity index (χ3n) is 5.84. The third kappa shape index (κ3) is 2.51. The maximum atomic E-state index is 5.59. The van der Waals surface area contributed by atoms with Crippen molar-refractivity contribution in [2.24, 2.45) is 5.92 Å². The molecule has 0 saturated carbocycles. The lowest BCUT2D eigenvalue weighted by Gasteiger charge is -2.36. The molecule has 24 heavy (non-hydrogen) atoms. The molecule has 2 fully saturated rings. The minimum Gasteiger partial charge on any atom is -0.379 e. The number of likely N-dealkylation sites (tertiary alicyclic amines) is 1. The first kappa shape index (κ1) is 15.0. The standard InChI is InChI=1S/C19H23N3OS/c1-2-4-15-14(3-1)16-11-21(13-18-20-5-10-24-18)12-17(16)19(15)22-6-8-23-9-7-22/h1-5,10,16-17,19H,6-9,11-13H2/t16-,17-,19-/m0/s1. The second-order valence-electron chi connectivity index (χ2n) is 7.11. The van der Waals surface area contributed by atoms with Crippen LogP contribution in [0.25, 0.3) is 0 Å². The van der Waals surface area contributed by atoms with Crippen LogP contribution in [0.1, 0.15) is 28.1 Å². The van der Waals surface area contributed by atoms with Crippen LogP contribution in [-0.4, -0.2) is 54.2 Å². The van der Waals surface area contributed by atoms with Gasteiger partial charge < -0.3 is 4.74 Å². The van der Waals surface area contributed by atoms with E-state index in [1.807, 2.05) is 6.20 Å². The summed E-state index contributed by atoms with van der Waals surface area (Å²) in [6.45, 7) is 7.23. The van der Waals surface area contributed by atoms with E-state index in [4.69, 9.17) is 4.74 Å². The lowest BCUT2D eigenvalue weighted by Crippen LogP contribution is -2.41. The molecule has 1 aromatic heterocycles. The molecule has 2 aromatic rings. The van der Waals surface area contributed by atoms with E-state index >= 15 is 0 Å². The van der Waals surface area contributed by atoms with Crippen molar-refractivity contribution in [2.75, 3.05) is 39.4 Å². The molecular formula is C19H23N3OS. The van der Waals surface area contributed by atoms with Crippen LogP contribution < -0.4 is 0 Å². The fraction of sp³-hybridized carbons (Fsp3) is 0.526. The smallest absolute Gasteiger partial charge is 0.107 e. The lowest BCUT2D eigenvalue weighted by molar-refractivity contribution is 0.00470. The van der Waals surface area contributed by atoms with E-state index < -0.39 is 0 Å². The lowest BCUT2D eigenvalue weighted by atomic mass is 9.93. The molecule has 126 valence electrons. The summed E-state index contributed by atoms with van der Waals surface area (Å²) in [7, 11) is 0. The van der Waals surface area contributed by atoms with E-state index in [-0.39, 0.29) is 0 Å². The highest BCUT2D eigenvalue weighted by atomic mass is 32.1. The summed E-state index contributed by atoms with van der Waals surface area (Å²) in [4.78, 5) is 9.75. The van der Waals surface area contributed by atoms with Crippen molar-refractivity contribution >= 4 is 11.3 Å². The minimum atomic E-state index is 0.566. The summed E-state index contributed by atoms with van der Waals surface area (Å²) >= 11 is 1.77. The molecule has 1 aliphatic carbocycles. The van der Waals surface area contributed by atoms with Gasteiger partial charge in [-0.25, -0.2) is 4.98 Å².